The van der Waals surface area contributed by atoms with Gasteiger partial charge in [0.1, 0.15) is 0 Å². The maximum Gasteiger partial charge on any atom is 0.251 e. The summed E-state index contributed by atoms with van der Waals surface area (Å²) in [6.45, 7) is 4.03. The Morgan fingerprint density at radius 2 is 1.61 bits per heavy atom. The molecule has 0 aliphatic heterocycles. The number of amides is 1. The van der Waals surface area contributed by atoms with Gasteiger partial charge in [-0.15, -0.1) is 0 Å². The van der Waals surface area contributed by atoms with Crippen LogP contribution in [0.25, 0.3) is 0 Å². The van der Waals surface area contributed by atoms with Gasteiger partial charge in [-0.1, -0.05) is 36.8 Å². The van der Waals surface area contributed by atoms with Gasteiger partial charge in [-0.05, 0) is 43.2 Å². The largest absolute Gasteiger partial charge is 0.345 e. The number of aryl methyl sites for hydroxylation is 1. The average molecular weight is 331 g/mol. The molecule has 4 nitrogen and oxygen atoms in total. The number of nitrogens with one attached hydrogen (secondary N) is 1. The number of hydrogen-bond acceptors (Lipinski definition) is 3. The zero-order valence-electron chi connectivity index (χ0n) is 13.5. The SMILES string of the molecule is CC[C@H](NC(=O)c1ccc(S(C)(=O)=O)cc1)c1ccc(C)cc1. The molecule has 1 amide bonds. The molecule has 0 saturated carbocycles. The summed E-state index contributed by atoms with van der Waals surface area (Å²) in [6.07, 6.45) is 1.92. The Balaban J connectivity index is 2.15. The van der Waals surface area contributed by atoms with E-state index in [9.17, 15) is 13.2 Å². The number of carbonyl (C=O) groups is 1. The summed E-state index contributed by atoms with van der Waals surface area (Å²) in [5, 5.41) is 2.99. The molecule has 2 aromatic carbocycles. The van der Waals surface area contributed by atoms with Crippen LogP contribution in [0.2, 0.25) is 0 Å². The quantitative estimate of drug-likeness (QED) is 0.914. The van der Waals surface area contributed by atoms with Gasteiger partial charge in [-0.25, -0.2) is 8.42 Å². The topological polar surface area (TPSA) is 63.2 Å². The molecule has 0 aliphatic carbocycles. The van der Waals surface area contributed by atoms with E-state index in [1.807, 2.05) is 38.1 Å². The molecule has 0 aliphatic rings. The Morgan fingerprint density at radius 1 is 1.04 bits per heavy atom. The molecule has 0 unspecified atom stereocenters. The standard InChI is InChI=1S/C18H21NO3S/c1-4-17(14-7-5-13(2)6-8-14)19-18(20)15-9-11-16(12-10-15)23(3,21)22/h5-12,17H,4H2,1-3H3,(H,19,20)/t17-/m0/s1. The van der Waals surface area contributed by atoms with Gasteiger partial charge in [0.2, 0.25) is 0 Å². The van der Waals surface area contributed by atoms with Crippen molar-refractivity contribution < 1.29 is 13.2 Å². The van der Waals surface area contributed by atoms with Crippen molar-refractivity contribution in [2.45, 2.75) is 31.2 Å². The minimum Gasteiger partial charge on any atom is -0.345 e. The zero-order valence-corrected chi connectivity index (χ0v) is 14.4. The second-order valence-corrected chi connectivity index (χ2v) is 7.66. The summed E-state index contributed by atoms with van der Waals surface area (Å²) in [5.74, 6) is -0.211. The van der Waals surface area contributed by atoms with Crippen molar-refractivity contribution in [3.63, 3.8) is 0 Å². The van der Waals surface area contributed by atoms with Crippen molar-refractivity contribution >= 4 is 15.7 Å². The molecule has 2 aromatic rings. The van der Waals surface area contributed by atoms with E-state index >= 15 is 0 Å². The molecule has 122 valence electrons. The highest BCUT2D eigenvalue weighted by molar-refractivity contribution is 7.90. The summed E-state index contributed by atoms with van der Waals surface area (Å²) in [6, 6.07) is 14.0. The second-order valence-electron chi connectivity index (χ2n) is 5.64. The van der Waals surface area contributed by atoms with Crippen molar-refractivity contribution in [1.82, 2.24) is 5.32 Å². The van der Waals surface area contributed by atoms with Gasteiger partial charge in [0.25, 0.3) is 5.91 Å². The van der Waals surface area contributed by atoms with Gasteiger partial charge in [0, 0.05) is 11.8 Å². The van der Waals surface area contributed by atoms with Crippen molar-refractivity contribution in [2.24, 2.45) is 0 Å². The maximum absolute atomic E-state index is 12.4. The molecular formula is C18H21NO3S. The van der Waals surface area contributed by atoms with Crippen LogP contribution in [0.1, 0.15) is 40.9 Å². The summed E-state index contributed by atoms with van der Waals surface area (Å²) in [5.41, 5.74) is 2.67. The molecule has 0 spiro atoms. The molecule has 1 N–H and O–H groups in total. The van der Waals surface area contributed by atoms with E-state index in [-0.39, 0.29) is 16.8 Å². The predicted octanol–water partition coefficient (Wildman–Crippen LogP) is 3.28. The van der Waals surface area contributed by atoms with E-state index in [0.717, 1.165) is 18.2 Å². The first kappa shape index (κ1) is 17.2. The molecule has 5 heteroatoms. The molecule has 0 bridgehead atoms. The smallest absolute Gasteiger partial charge is 0.251 e. The molecule has 0 saturated heterocycles. The van der Waals surface area contributed by atoms with Crippen LogP contribution in [0, 0.1) is 6.92 Å². The molecule has 0 fully saturated rings. The molecular weight excluding hydrogens is 310 g/mol. The van der Waals surface area contributed by atoms with E-state index in [0.29, 0.717) is 5.56 Å². The number of sulfone groups is 1. The van der Waals surface area contributed by atoms with Crippen molar-refractivity contribution in [3.8, 4) is 0 Å². The Morgan fingerprint density at radius 3 is 2.09 bits per heavy atom. The van der Waals surface area contributed by atoms with Crippen LogP contribution in [-0.2, 0) is 9.84 Å². The Bertz CT molecular complexity index is 778. The van der Waals surface area contributed by atoms with Crippen LogP contribution < -0.4 is 5.32 Å². The fourth-order valence-corrected chi connectivity index (χ4v) is 2.95. The number of hydrogen-bond donors (Lipinski definition) is 1. The fraction of sp³-hybridized carbons (Fsp3) is 0.278. The monoisotopic (exact) mass is 331 g/mol. The molecule has 23 heavy (non-hydrogen) atoms. The van der Waals surface area contributed by atoms with Gasteiger partial charge in [-0.2, -0.15) is 0 Å². The van der Waals surface area contributed by atoms with E-state index in [2.05, 4.69) is 5.32 Å². The maximum atomic E-state index is 12.4. The summed E-state index contributed by atoms with van der Waals surface area (Å²) in [7, 11) is -3.25. The van der Waals surface area contributed by atoms with Crippen molar-refractivity contribution in [1.29, 1.82) is 0 Å². The highest BCUT2D eigenvalue weighted by Crippen LogP contribution is 2.18. The number of rotatable bonds is 5. The molecule has 0 radical (unpaired) electrons. The lowest BCUT2D eigenvalue weighted by Gasteiger charge is -2.18. The van der Waals surface area contributed by atoms with Gasteiger partial charge in [-0.3, -0.25) is 4.79 Å². The van der Waals surface area contributed by atoms with Gasteiger partial charge in [0.05, 0.1) is 10.9 Å². The first-order valence-electron chi connectivity index (χ1n) is 7.49. The van der Waals surface area contributed by atoms with Crippen molar-refractivity contribution in [2.75, 3.05) is 6.26 Å². The Kier molecular flexibility index (Phi) is 5.21. The van der Waals surface area contributed by atoms with Crippen LogP contribution in [0.3, 0.4) is 0 Å². The minimum atomic E-state index is -3.25. The van der Waals surface area contributed by atoms with E-state index in [1.54, 1.807) is 0 Å². The molecule has 0 heterocycles. The lowest BCUT2D eigenvalue weighted by Crippen LogP contribution is -2.28. The Hall–Kier alpha value is -2.14. The van der Waals surface area contributed by atoms with Crippen LogP contribution in [0.4, 0.5) is 0 Å². The Labute approximate surface area is 137 Å². The van der Waals surface area contributed by atoms with Crippen LogP contribution in [-0.4, -0.2) is 20.6 Å². The third kappa shape index (κ3) is 4.42. The number of carbonyl (C=O) groups excluding carboxylic acids is 1. The van der Waals surface area contributed by atoms with Crippen LogP contribution >= 0.6 is 0 Å². The highest BCUT2D eigenvalue weighted by Gasteiger charge is 2.15. The van der Waals surface area contributed by atoms with Gasteiger partial charge < -0.3 is 5.32 Å². The summed E-state index contributed by atoms with van der Waals surface area (Å²) in [4.78, 5) is 12.6. The lowest BCUT2D eigenvalue weighted by molar-refractivity contribution is 0.0935. The van der Waals surface area contributed by atoms with E-state index in [4.69, 9.17) is 0 Å². The van der Waals surface area contributed by atoms with Gasteiger partial charge >= 0.3 is 0 Å². The average Bonchev–Trinajstić information content (AvgIpc) is 2.52. The number of benzene rings is 2. The van der Waals surface area contributed by atoms with E-state index < -0.39 is 9.84 Å². The first-order chi connectivity index (χ1) is 10.8. The van der Waals surface area contributed by atoms with Crippen LogP contribution in [0.5, 0.6) is 0 Å². The normalized spacial score (nSPS) is 12.7. The fourth-order valence-electron chi connectivity index (χ4n) is 2.31. The minimum absolute atomic E-state index is 0.0716. The van der Waals surface area contributed by atoms with Crippen LogP contribution in [0.15, 0.2) is 53.4 Å². The third-order valence-electron chi connectivity index (χ3n) is 3.74. The van der Waals surface area contributed by atoms with Crippen molar-refractivity contribution in [3.05, 3.63) is 65.2 Å². The predicted molar refractivity (Wildman–Crippen MR) is 91.2 cm³/mol. The summed E-state index contributed by atoms with van der Waals surface area (Å²) >= 11 is 0. The second kappa shape index (κ2) is 6.96. The first-order valence-corrected chi connectivity index (χ1v) is 9.38. The lowest BCUT2D eigenvalue weighted by atomic mass is 10.0. The summed E-state index contributed by atoms with van der Waals surface area (Å²) < 4.78 is 22.9. The van der Waals surface area contributed by atoms with Gasteiger partial charge in [0.15, 0.2) is 9.84 Å². The third-order valence-corrected chi connectivity index (χ3v) is 4.87. The molecule has 2 rings (SSSR count). The highest BCUT2D eigenvalue weighted by atomic mass is 32.2. The zero-order chi connectivity index (χ0) is 17.0. The van der Waals surface area contributed by atoms with E-state index in [1.165, 1.54) is 29.8 Å². The molecule has 1 atom stereocenters. The molecule has 0 aromatic heterocycles.